The summed E-state index contributed by atoms with van der Waals surface area (Å²) in [6.45, 7) is 1.89. The number of nitrogens with one attached hydrogen (secondary N) is 1. The maximum absolute atomic E-state index is 12.7. The van der Waals surface area contributed by atoms with Crippen LogP contribution in [0, 0.1) is 6.92 Å². The Bertz CT molecular complexity index is 553. The topological polar surface area (TPSA) is 63.8 Å². The first-order chi connectivity index (χ1) is 8.97. The second kappa shape index (κ2) is 5.25. The average Bonchev–Trinajstić information content (AvgIpc) is 2.74. The van der Waals surface area contributed by atoms with Crippen LogP contribution in [0.2, 0.25) is 0 Å². The fourth-order valence-corrected chi connectivity index (χ4v) is 1.50. The zero-order valence-corrected chi connectivity index (χ0v) is 10.0. The molecule has 2 heterocycles. The van der Waals surface area contributed by atoms with Gasteiger partial charge in [-0.1, -0.05) is 5.16 Å². The minimum Gasteiger partial charge on any atom is -0.369 e. The molecule has 0 bridgehead atoms. The highest BCUT2D eigenvalue weighted by atomic mass is 19.4. The van der Waals surface area contributed by atoms with Gasteiger partial charge in [-0.3, -0.25) is 0 Å². The van der Waals surface area contributed by atoms with Gasteiger partial charge in [0.05, 0.1) is 5.56 Å². The minimum absolute atomic E-state index is 0.203. The smallest absolute Gasteiger partial charge is 0.369 e. The highest BCUT2D eigenvalue weighted by molar-refractivity contribution is 5.45. The Morgan fingerprint density at radius 1 is 1.37 bits per heavy atom. The number of halogens is 3. The van der Waals surface area contributed by atoms with Crippen LogP contribution < -0.4 is 5.32 Å². The SMILES string of the molecule is Cc1noc(CCNc2ncccc2C(F)(F)F)n1. The first-order valence-corrected chi connectivity index (χ1v) is 5.52. The Kier molecular flexibility index (Phi) is 3.68. The van der Waals surface area contributed by atoms with E-state index in [4.69, 9.17) is 4.52 Å². The Morgan fingerprint density at radius 3 is 2.79 bits per heavy atom. The van der Waals surface area contributed by atoms with Crippen molar-refractivity contribution in [2.45, 2.75) is 19.5 Å². The molecule has 0 amide bonds. The number of aryl methyl sites for hydroxylation is 1. The summed E-state index contributed by atoms with van der Waals surface area (Å²) in [7, 11) is 0. The lowest BCUT2D eigenvalue weighted by Gasteiger charge is -2.12. The standard InChI is InChI=1S/C11H11F3N4O/c1-7-17-9(19-18-7)4-6-16-10-8(11(12,13)14)3-2-5-15-10/h2-3,5H,4,6H2,1H3,(H,15,16). The highest BCUT2D eigenvalue weighted by Crippen LogP contribution is 2.33. The molecule has 8 heteroatoms. The molecular formula is C11H11F3N4O. The van der Waals surface area contributed by atoms with Crippen LogP contribution in [0.1, 0.15) is 17.3 Å². The summed E-state index contributed by atoms with van der Waals surface area (Å²) in [4.78, 5) is 7.64. The van der Waals surface area contributed by atoms with Crippen LogP contribution in [-0.2, 0) is 12.6 Å². The first kappa shape index (κ1) is 13.3. The van der Waals surface area contributed by atoms with Gasteiger partial charge in [0.15, 0.2) is 5.82 Å². The molecule has 5 nitrogen and oxygen atoms in total. The average molecular weight is 272 g/mol. The molecule has 0 aliphatic heterocycles. The van der Waals surface area contributed by atoms with Crippen LogP contribution in [0.4, 0.5) is 19.0 Å². The summed E-state index contributed by atoms with van der Waals surface area (Å²) in [5.74, 6) is 0.657. The summed E-state index contributed by atoms with van der Waals surface area (Å²) in [6, 6.07) is 2.22. The van der Waals surface area contributed by atoms with Crippen LogP contribution >= 0.6 is 0 Å². The molecule has 2 aromatic rings. The number of hydrogen-bond acceptors (Lipinski definition) is 5. The molecular weight excluding hydrogens is 261 g/mol. The fraction of sp³-hybridized carbons (Fsp3) is 0.364. The van der Waals surface area contributed by atoms with Gasteiger partial charge in [0.1, 0.15) is 5.82 Å². The van der Waals surface area contributed by atoms with Gasteiger partial charge in [0, 0.05) is 19.2 Å². The molecule has 0 aliphatic rings. The van der Waals surface area contributed by atoms with Crippen LogP contribution in [0.25, 0.3) is 0 Å². The molecule has 0 fully saturated rings. The predicted octanol–water partition coefficient (Wildman–Crippen LogP) is 2.45. The van der Waals surface area contributed by atoms with Crippen LogP contribution in [0.15, 0.2) is 22.9 Å². The van der Waals surface area contributed by atoms with E-state index in [1.165, 1.54) is 12.3 Å². The molecule has 0 saturated carbocycles. The molecule has 19 heavy (non-hydrogen) atoms. The maximum atomic E-state index is 12.7. The molecule has 102 valence electrons. The van der Waals surface area contributed by atoms with Gasteiger partial charge in [-0.05, 0) is 19.1 Å². The number of alkyl halides is 3. The van der Waals surface area contributed by atoms with E-state index in [9.17, 15) is 13.2 Å². The summed E-state index contributed by atoms with van der Waals surface area (Å²) in [5.41, 5.74) is -0.795. The van der Waals surface area contributed by atoms with E-state index < -0.39 is 11.7 Å². The fourth-order valence-electron chi connectivity index (χ4n) is 1.50. The van der Waals surface area contributed by atoms with Gasteiger partial charge in [0.25, 0.3) is 0 Å². The van der Waals surface area contributed by atoms with Crippen molar-refractivity contribution in [1.29, 1.82) is 0 Å². The third-order valence-electron chi connectivity index (χ3n) is 2.31. The Hall–Kier alpha value is -2.12. The quantitative estimate of drug-likeness (QED) is 0.926. The molecule has 0 aliphatic carbocycles. The van der Waals surface area contributed by atoms with Crippen molar-refractivity contribution < 1.29 is 17.7 Å². The predicted molar refractivity (Wildman–Crippen MR) is 60.5 cm³/mol. The lowest BCUT2D eigenvalue weighted by Crippen LogP contribution is -2.14. The van der Waals surface area contributed by atoms with Gasteiger partial charge in [0.2, 0.25) is 5.89 Å². The largest absolute Gasteiger partial charge is 0.419 e. The van der Waals surface area contributed by atoms with Crippen molar-refractivity contribution in [2.24, 2.45) is 0 Å². The summed E-state index contributed by atoms with van der Waals surface area (Å²) in [6.07, 6.45) is -2.80. The van der Waals surface area contributed by atoms with Crippen molar-refractivity contribution in [3.05, 3.63) is 35.6 Å². The third-order valence-corrected chi connectivity index (χ3v) is 2.31. The van der Waals surface area contributed by atoms with Crippen LogP contribution in [0.5, 0.6) is 0 Å². The molecule has 0 atom stereocenters. The van der Waals surface area contributed by atoms with Crippen molar-refractivity contribution in [3.63, 3.8) is 0 Å². The van der Waals surface area contributed by atoms with Gasteiger partial charge in [-0.2, -0.15) is 18.2 Å². The van der Waals surface area contributed by atoms with E-state index in [-0.39, 0.29) is 12.4 Å². The second-order valence-electron chi connectivity index (χ2n) is 3.81. The third kappa shape index (κ3) is 3.43. The van der Waals surface area contributed by atoms with Gasteiger partial charge in [-0.25, -0.2) is 4.98 Å². The van der Waals surface area contributed by atoms with Gasteiger partial charge >= 0.3 is 6.18 Å². The number of rotatable bonds is 4. The molecule has 2 rings (SSSR count). The monoisotopic (exact) mass is 272 g/mol. The molecule has 1 N–H and O–H groups in total. The lowest BCUT2D eigenvalue weighted by molar-refractivity contribution is -0.137. The van der Waals surface area contributed by atoms with E-state index >= 15 is 0 Å². The molecule has 0 unspecified atom stereocenters. The van der Waals surface area contributed by atoms with E-state index in [2.05, 4.69) is 20.4 Å². The van der Waals surface area contributed by atoms with Crippen molar-refractivity contribution >= 4 is 5.82 Å². The normalized spacial score (nSPS) is 11.6. The Morgan fingerprint density at radius 2 is 2.16 bits per heavy atom. The Balaban J connectivity index is 2.00. The maximum Gasteiger partial charge on any atom is 0.419 e. The highest BCUT2D eigenvalue weighted by Gasteiger charge is 2.33. The van der Waals surface area contributed by atoms with E-state index in [0.29, 0.717) is 18.1 Å². The summed E-state index contributed by atoms with van der Waals surface area (Å²) >= 11 is 0. The van der Waals surface area contributed by atoms with Crippen molar-refractivity contribution in [1.82, 2.24) is 15.1 Å². The van der Waals surface area contributed by atoms with Crippen molar-refractivity contribution in [3.8, 4) is 0 Å². The minimum atomic E-state index is -4.43. The molecule has 0 radical (unpaired) electrons. The zero-order chi connectivity index (χ0) is 13.9. The number of pyridine rings is 1. The number of hydrogen-bond donors (Lipinski definition) is 1. The lowest BCUT2D eigenvalue weighted by atomic mass is 10.2. The summed E-state index contributed by atoms with van der Waals surface area (Å²) in [5, 5.41) is 6.21. The second-order valence-corrected chi connectivity index (χ2v) is 3.81. The van der Waals surface area contributed by atoms with Crippen LogP contribution in [-0.4, -0.2) is 21.7 Å². The molecule has 2 aromatic heterocycles. The number of anilines is 1. The molecule has 0 aromatic carbocycles. The Labute approximate surface area is 106 Å². The zero-order valence-electron chi connectivity index (χ0n) is 10.0. The van der Waals surface area contributed by atoms with E-state index in [0.717, 1.165) is 6.07 Å². The number of nitrogens with zero attached hydrogens (tertiary/aromatic N) is 3. The van der Waals surface area contributed by atoms with Crippen LogP contribution in [0.3, 0.4) is 0 Å². The molecule has 0 saturated heterocycles. The molecule has 0 spiro atoms. The van der Waals surface area contributed by atoms with Gasteiger partial charge < -0.3 is 9.84 Å². The first-order valence-electron chi connectivity index (χ1n) is 5.52. The summed E-state index contributed by atoms with van der Waals surface area (Å²) < 4.78 is 42.9. The van der Waals surface area contributed by atoms with Gasteiger partial charge in [-0.15, -0.1) is 0 Å². The number of aromatic nitrogens is 3. The van der Waals surface area contributed by atoms with Crippen molar-refractivity contribution in [2.75, 3.05) is 11.9 Å². The van der Waals surface area contributed by atoms with E-state index in [1.807, 2.05) is 0 Å². The van der Waals surface area contributed by atoms with E-state index in [1.54, 1.807) is 6.92 Å².